The van der Waals surface area contributed by atoms with Crippen molar-refractivity contribution in [3.05, 3.63) is 24.9 Å². The van der Waals surface area contributed by atoms with Crippen molar-refractivity contribution in [3.63, 3.8) is 0 Å². The Morgan fingerprint density at radius 3 is 2.76 bits per heavy atom. The molecule has 1 saturated carbocycles. The minimum absolute atomic E-state index is 0.383. The molecule has 3 heterocycles. The molecule has 0 amide bonds. The van der Waals surface area contributed by atoms with Gasteiger partial charge in [0.15, 0.2) is 0 Å². The zero-order chi connectivity index (χ0) is 17.1. The molecule has 0 spiro atoms. The van der Waals surface area contributed by atoms with E-state index in [1.54, 1.807) is 0 Å². The summed E-state index contributed by atoms with van der Waals surface area (Å²) >= 11 is 0. The first-order chi connectivity index (χ1) is 12.3. The van der Waals surface area contributed by atoms with E-state index in [0.717, 1.165) is 32.8 Å². The Morgan fingerprint density at radius 1 is 1.16 bits per heavy atom. The molecule has 1 aliphatic carbocycles. The van der Waals surface area contributed by atoms with Crippen molar-refractivity contribution in [2.75, 3.05) is 32.8 Å². The van der Waals surface area contributed by atoms with Crippen molar-refractivity contribution in [2.45, 2.75) is 51.1 Å². The molecule has 1 atom stereocenters. The van der Waals surface area contributed by atoms with E-state index in [-0.39, 0.29) is 0 Å². The van der Waals surface area contributed by atoms with Crippen LogP contribution in [0.3, 0.4) is 0 Å². The van der Waals surface area contributed by atoms with Crippen LogP contribution in [0.25, 0.3) is 11.3 Å². The van der Waals surface area contributed by atoms with Gasteiger partial charge in [-0.25, -0.2) is 4.98 Å². The Morgan fingerprint density at radius 2 is 1.96 bits per heavy atom. The average molecular weight is 343 g/mol. The summed E-state index contributed by atoms with van der Waals surface area (Å²) < 4.78 is 9.92. The van der Waals surface area contributed by atoms with Crippen molar-refractivity contribution in [2.24, 2.45) is 0 Å². The highest BCUT2D eigenvalue weighted by molar-refractivity contribution is 5.56. The maximum atomic E-state index is 5.45. The topological polar surface area (TPSA) is 48.1 Å². The number of rotatable bonds is 5. The first-order valence-corrected chi connectivity index (χ1v) is 9.68. The van der Waals surface area contributed by atoms with Gasteiger partial charge in [-0.2, -0.15) is 5.10 Å². The number of aromatic nitrogens is 4. The van der Waals surface area contributed by atoms with Gasteiger partial charge in [-0.05, 0) is 19.8 Å². The van der Waals surface area contributed by atoms with Gasteiger partial charge in [0.25, 0.3) is 0 Å². The van der Waals surface area contributed by atoms with E-state index >= 15 is 0 Å². The van der Waals surface area contributed by atoms with Crippen LogP contribution in [0.15, 0.2) is 24.9 Å². The van der Waals surface area contributed by atoms with Crippen LogP contribution in [0.5, 0.6) is 0 Å². The third kappa shape index (κ3) is 3.80. The largest absolute Gasteiger partial charge is 0.379 e. The van der Waals surface area contributed by atoms with Crippen LogP contribution in [0.1, 0.15) is 51.1 Å². The Kier molecular flexibility index (Phi) is 5.17. The van der Waals surface area contributed by atoms with Crippen LogP contribution >= 0.6 is 0 Å². The van der Waals surface area contributed by atoms with Crippen molar-refractivity contribution >= 4 is 0 Å². The lowest BCUT2D eigenvalue weighted by molar-refractivity contribution is 0.0326. The summed E-state index contributed by atoms with van der Waals surface area (Å²) in [6.45, 7) is 7.03. The first kappa shape index (κ1) is 16.8. The SMILES string of the molecule is C[C@@H](CN1CCOCC1)n1cncc1-c1cnn(C2CCCCC2)c1. The highest BCUT2D eigenvalue weighted by Gasteiger charge is 2.20. The smallest absolute Gasteiger partial charge is 0.0953 e. The molecule has 6 nitrogen and oxygen atoms in total. The molecule has 2 aromatic rings. The van der Waals surface area contributed by atoms with Gasteiger partial charge < -0.3 is 9.30 Å². The highest BCUT2D eigenvalue weighted by Crippen LogP contribution is 2.30. The summed E-state index contributed by atoms with van der Waals surface area (Å²) in [6.07, 6.45) is 14.7. The second kappa shape index (κ2) is 7.70. The first-order valence-electron chi connectivity index (χ1n) is 9.68. The van der Waals surface area contributed by atoms with E-state index in [4.69, 9.17) is 4.74 Å². The molecule has 1 saturated heterocycles. The van der Waals surface area contributed by atoms with Crippen LogP contribution in [-0.4, -0.2) is 57.1 Å². The lowest BCUT2D eigenvalue weighted by Crippen LogP contribution is -2.39. The van der Waals surface area contributed by atoms with Gasteiger partial charge in [-0.3, -0.25) is 9.58 Å². The standard InChI is InChI=1S/C19H29N5O/c1-16(13-22-7-9-25-10-8-22)23-15-20-12-19(23)17-11-21-24(14-17)18-5-3-2-4-6-18/h11-12,14-16,18H,2-10,13H2,1H3/t16-/m0/s1. The highest BCUT2D eigenvalue weighted by atomic mass is 16.5. The van der Waals surface area contributed by atoms with Crippen molar-refractivity contribution in [1.82, 2.24) is 24.2 Å². The summed E-state index contributed by atoms with van der Waals surface area (Å²) in [5.74, 6) is 0. The van der Waals surface area contributed by atoms with E-state index in [1.807, 2.05) is 18.7 Å². The second-order valence-electron chi connectivity index (χ2n) is 7.45. The lowest BCUT2D eigenvalue weighted by atomic mass is 9.96. The Hall–Kier alpha value is -1.66. The molecular formula is C19H29N5O. The molecule has 0 aromatic carbocycles. The number of ether oxygens (including phenoxy) is 1. The maximum Gasteiger partial charge on any atom is 0.0953 e. The predicted molar refractivity (Wildman–Crippen MR) is 97.5 cm³/mol. The molecule has 0 radical (unpaired) electrons. The minimum atomic E-state index is 0.383. The van der Waals surface area contributed by atoms with E-state index < -0.39 is 0 Å². The van der Waals surface area contributed by atoms with Crippen LogP contribution in [-0.2, 0) is 4.74 Å². The maximum absolute atomic E-state index is 5.45. The van der Waals surface area contributed by atoms with Crippen molar-refractivity contribution in [1.29, 1.82) is 0 Å². The predicted octanol–water partition coefficient (Wildman–Crippen LogP) is 3.15. The molecule has 2 fully saturated rings. The fraction of sp³-hybridized carbons (Fsp3) is 0.684. The molecule has 2 aromatic heterocycles. The van der Waals surface area contributed by atoms with E-state index in [0.29, 0.717) is 12.1 Å². The molecule has 4 rings (SSSR count). The zero-order valence-corrected chi connectivity index (χ0v) is 15.2. The van der Waals surface area contributed by atoms with Gasteiger partial charge in [0.1, 0.15) is 0 Å². The monoisotopic (exact) mass is 343 g/mol. The van der Waals surface area contributed by atoms with Gasteiger partial charge >= 0.3 is 0 Å². The quantitative estimate of drug-likeness (QED) is 0.837. The summed E-state index contributed by atoms with van der Waals surface area (Å²) in [7, 11) is 0. The van der Waals surface area contributed by atoms with Crippen LogP contribution < -0.4 is 0 Å². The Balaban J connectivity index is 1.48. The number of nitrogens with zero attached hydrogens (tertiary/aromatic N) is 5. The van der Waals surface area contributed by atoms with Crippen LogP contribution in [0.4, 0.5) is 0 Å². The normalized spacial score (nSPS) is 21.5. The second-order valence-corrected chi connectivity index (χ2v) is 7.45. The number of hydrogen-bond donors (Lipinski definition) is 0. The number of morpholine rings is 1. The lowest BCUT2D eigenvalue weighted by Gasteiger charge is -2.30. The van der Waals surface area contributed by atoms with Crippen LogP contribution in [0.2, 0.25) is 0 Å². The molecule has 6 heteroatoms. The Bertz CT molecular complexity index is 667. The molecule has 2 aliphatic rings. The van der Waals surface area contributed by atoms with E-state index in [1.165, 1.54) is 43.4 Å². The fourth-order valence-electron chi connectivity index (χ4n) is 4.14. The molecule has 0 unspecified atom stereocenters. The summed E-state index contributed by atoms with van der Waals surface area (Å²) in [5, 5.41) is 4.66. The average Bonchev–Trinajstić information content (AvgIpc) is 3.32. The summed E-state index contributed by atoms with van der Waals surface area (Å²) in [6, 6.07) is 0.957. The van der Waals surface area contributed by atoms with Gasteiger partial charge in [0, 0.05) is 37.4 Å². The van der Waals surface area contributed by atoms with Gasteiger partial charge in [-0.15, -0.1) is 0 Å². The summed E-state index contributed by atoms with van der Waals surface area (Å²) in [4.78, 5) is 6.89. The van der Waals surface area contributed by atoms with Gasteiger partial charge in [0.05, 0.1) is 43.7 Å². The van der Waals surface area contributed by atoms with E-state index in [2.05, 4.69) is 37.4 Å². The minimum Gasteiger partial charge on any atom is -0.379 e. The zero-order valence-electron chi connectivity index (χ0n) is 15.2. The number of hydrogen-bond acceptors (Lipinski definition) is 4. The molecule has 0 N–H and O–H groups in total. The molecule has 1 aliphatic heterocycles. The molecular weight excluding hydrogens is 314 g/mol. The van der Waals surface area contributed by atoms with Gasteiger partial charge in [-0.1, -0.05) is 19.3 Å². The third-order valence-electron chi connectivity index (χ3n) is 5.61. The molecule has 0 bridgehead atoms. The fourth-order valence-corrected chi connectivity index (χ4v) is 4.14. The van der Waals surface area contributed by atoms with Crippen LogP contribution in [0, 0.1) is 0 Å². The molecule has 25 heavy (non-hydrogen) atoms. The van der Waals surface area contributed by atoms with E-state index in [9.17, 15) is 0 Å². The Labute approximate surface area is 149 Å². The third-order valence-corrected chi connectivity index (χ3v) is 5.61. The van der Waals surface area contributed by atoms with Gasteiger partial charge in [0.2, 0.25) is 0 Å². The van der Waals surface area contributed by atoms with Crippen molar-refractivity contribution in [3.8, 4) is 11.3 Å². The molecule has 136 valence electrons. The van der Waals surface area contributed by atoms with Crippen molar-refractivity contribution < 1.29 is 4.74 Å². The summed E-state index contributed by atoms with van der Waals surface area (Å²) in [5.41, 5.74) is 2.35. The number of imidazole rings is 1.